The molecule has 4 heterocycles. The van der Waals surface area contributed by atoms with Gasteiger partial charge < -0.3 is 19.5 Å². The number of nitrogens with zero attached hydrogens (tertiary/aromatic N) is 5. The summed E-state index contributed by atoms with van der Waals surface area (Å²) in [6.45, 7) is 1.58. The van der Waals surface area contributed by atoms with E-state index in [1.807, 2.05) is 13.0 Å². The Balaban J connectivity index is 1.30. The van der Waals surface area contributed by atoms with Crippen LogP contribution in [0.2, 0.25) is 0 Å². The molecule has 2 aliphatic rings. The number of hydrogen-bond donors (Lipinski definition) is 1. The van der Waals surface area contributed by atoms with Crippen LogP contribution in [0, 0.1) is 18.8 Å². The van der Waals surface area contributed by atoms with Crippen LogP contribution < -0.4 is 15.0 Å². The molecule has 1 saturated carbocycles. The van der Waals surface area contributed by atoms with E-state index in [0.29, 0.717) is 11.8 Å². The van der Waals surface area contributed by atoms with Crippen molar-refractivity contribution in [1.29, 1.82) is 0 Å². The van der Waals surface area contributed by atoms with Crippen LogP contribution in [0.5, 0.6) is 5.75 Å². The molecule has 8 nitrogen and oxygen atoms in total. The van der Waals surface area contributed by atoms with Crippen LogP contribution in [0.15, 0.2) is 28.9 Å². The zero-order valence-electron chi connectivity index (χ0n) is 17.5. The first-order valence-corrected chi connectivity index (χ1v) is 10.5. The Bertz CT molecular complexity index is 1130. The third kappa shape index (κ3) is 4.04. The smallest absolute Gasteiger partial charge is 0.456 e. The standard InChI is InChI=1S/C20H21F5N6O2/c1-11-7-15(33-29-11)30-8-12-4-5-13(9-30)16(12)26-18-27-17-14(3-2-6-31(17)28-18)32-10-19(21,22)20(23,24)25/h2-3,6-7,12-13,16H,4-5,8-10H2,1H3,(H,26,28). The molecule has 2 unspecified atom stereocenters. The van der Waals surface area contributed by atoms with E-state index in [4.69, 9.17) is 9.26 Å². The Hall–Kier alpha value is -3.12. The number of ether oxygens (including phenoxy) is 1. The summed E-state index contributed by atoms with van der Waals surface area (Å²) in [5, 5.41) is 11.6. The van der Waals surface area contributed by atoms with Gasteiger partial charge in [-0.15, -0.1) is 5.10 Å². The monoisotopic (exact) mass is 472 g/mol. The highest BCUT2D eigenvalue weighted by Crippen LogP contribution is 2.40. The normalized spacial score (nSPS) is 23.3. The molecule has 1 aliphatic heterocycles. The molecule has 5 rings (SSSR count). The summed E-state index contributed by atoms with van der Waals surface area (Å²) < 4.78 is 75.3. The number of pyridine rings is 1. The van der Waals surface area contributed by atoms with E-state index in [-0.39, 0.29) is 23.4 Å². The number of piperidine rings is 1. The summed E-state index contributed by atoms with van der Waals surface area (Å²) in [5.74, 6) is -3.56. The van der Waals surface area contributed by atoms with E-state index in [9.17, 15) is 22.0 Å². The summed E-state index contributed by atoms with van der Waals surface area (Å²) in [7, 11) is 0. The predicted octanol–water partition coefficient (Wildman–Crippen LogP) is 3.93. The van der Waals surface area contributed by atoms with E-state index in [1.165, 1.54) is 22.8 Å². The van der Waals surface area contributed by atoms with E-state index in [2.05, 4.69) is 25.5 Å². The number of aryl methyl sites for hydroxylation is 1. The maximum atomic E-state index is 13.3. The van der Waals surface area contributed by atoms with Crippen molar-refractivity contribution in [3.63, 3.8) is 0 Å². The molecule has 178 valence electrons. The predicted molar refractivity (Wildman–Crippen MR) is 107 cm³/mol. The number of nitrogens with one attached hydrogen (secondary N) is 1. The molecule has 1 aliphatic carbocycles. The van der Waals surface area contributed by atoms with Gasteiger partial charge >= 0.3 is 12.1 Å². The van der Waals surface area contributed by atoms with Crippen LogP contribution >= 0.6 is 0 Å². The van der Waals surface area contributed by atoms with Crippen LogP contribution in [-0.2, 0) is 0 Å². The lowest BCUT2D eigenvalue weighted by Crippen LogP contribution is -2.48. The number of rotatable bonds is 6. The number of halogens is 5. The summed E-state index contributed by atoms with van der Waals surface area (Å²) in [5.41, 5.74) is 0.873. The molecule has 0 amide bonds. The molecule has 2 bridgehead atoms. The van der Waals surface area contributed by atoms with Crippen LogP contribution in [0.25, 0.3) is 5.65 Å². The van der Waals surface area contributed by atoms with Gasteiger partial charge in [-0.3, -0.25) is 0 Å². The van der Waals surface area contributed by atoms with Crippen molar-refractivity contribution in [2.75, 3.05) is 29.9 Å². The quantitative estimate of drug-likeness (QED) is 0.545. The Morgan fingerprint density at radius 2 is 1.91 bits per heavy atom. The molecule has 1 saturated heterocycles. The molecule has 33 heavy (non-hydrogen) atoms. The molecule has 0 spiro atoms. The highest BCUT2D eigenvalue weighted by Gasteiger charge is 2.58. The fraction of sp³-hybridized carbons (Fsp3) is 0.550. The molecule has 13 heteroatoms. The highest BCUT2D eigenvalue weighted by atomic mass is 19.4. The number of aromatic nitrogens is 4. The van der Waals surface area contributed by atoms with Gasteiger partial charge in [0.2, 0.25) is 11.8 Å². The van der Waals surface area contributed by atoms with Gasteiger partial charge in [-0.05, 0) is 43.7 Å². The Kier molecular flexibility index (Phi) is 5.09. The van der Waals surface area contributed by atoms with Crippen molar-refractivity contribution in [3.05, 3.63) is 30.1 Å². The Morgan fingerprint density at radius 1 is 1.18 bits per heavy atom. The van der Waals surface area contributed by atoms with Gasteiger partial charge in [0.1, 0.15) is 0 Å². The number of hydrogen-bond acceptors (Lipinski definition) is 7. The number of anilines is 2. The van der Waals surface area contributed by atoms with Crippen molar-refractivity contribution < 1.29 is 31.2 Å². The summed E-state index contributed by atoms with van der Waals surface area (Å²) in [6, 6.07) is 4.72. The van der Waals surface area contributed by atoms with Gasteiger partial charge in [0, 0.05) is 31.4 Å². The minimum absolute atomic E-state index is 0.0555. The number of alkyl halides is 5. The average molecular weight is 472 g/mol. The second-order valence-electron chi connectivity index (χ2n) is 8.55. The first kappa shape index (κ1) is 21.7. The van der Waals surface area contributed by atoms with Crippen LogP contribution in [-0.4, -0.2) is 57.6 Å². The van der Waals surface area contributed by atoms with Gasteiger partial charge in [-0.1, -0.05) is 5.16 Å². The van der Waals surface area contributed by atoms with Crippen LogP contribution in [0.4, 0.5) is 33.8 Å². The molecular formula is C20H21F5N6O2. The van der Waals surface area contributed by atoms with Gasteiger partial charge in [0.15, 0.2) is 18.0 Å². The molecular weight excluding hydrogens is 451 g/mol. The Labute approximate surface area is 184 Å². The fourth-order valence-corrected chi connectivity index (χ4v) is 4.59. The van der Waals surface area contributed by atoms with E-state index < -0.39 is 18.7 Å². The first-order valence-electron chi connectivity index (χ1n) is 10.5. The SMILES string of the molecule is Cc1cc(N2CC3CCC(C2)C3Nc2nc3c(OCC(F)(F)C(F)(F)F)cccn3n2)on1. The topological polar surface area (TPSA) is 80.7 Å². The van der Waals surface area contributed by atoms with Crippen molar-refractivity contribution in [1.82, 2.24) is 19.8 Å². The third-order valence-corrected chi connectivity index (χ3v) is 6.21. The lowest BCUT2D eigenvalue weighted by molar-refractivity contribution is -0.289. The summed E-state index contributed by atoms with van der Waals surface area (Å²) in [6.07, 6.45) is -2.15. The van der Waals surface area contributed by atoms with Gasteiger partial charge in [0.25, 0.3) is 0 Å². The zero-order chi connectivity index (χ0) is 23.4. The van der Waals surface area contributed by atoms with Gasteiger partial charge in [0.05, 0.1) is 5.69 Å². The van der Waals surface area contributed by atoms with E-state index in [1.54, 1.807) is 0 Å². The molecule has 3 aromatic heterocycles. The van der Waals surface area contributed by atoms with Crippen molar-refractivity contribution in [2.45, 2.75) is 37.9 Å². The second kappa shape index (κ2) is 7.73. The van der Waals surface area contributed by atoms with Crippen LogP contribution in [0.1, 0.15) is 18.5 Å². The van der Waals surface area contributed by atoms with Gasteiger partial charge in [-0.2, -0.15) is 26.9 Å². The highest BCUT2D eigenvalue weighted by molar-refractivity contribution is 5.56. The minimum Gasteiger partial charge on any atom is -0.483 e. The molecule has 2 atom stereocenters. The molecule has 2 fully saturated rings. The second-order valence-corrected chi connectivity index (χ2v) is 8.55. The molecule has 3 aromatic rings. The third-order valence-electron chi connectivity index (χ3n) is 6.21. The average Bonchev–Trinajstić information content (AvgIpc) is 3.41. The van der Waals surface area contributed by atoms with E-state index in [0.717, 1.165) is 37.5 Å². The number of fused-ring (bicyclic) bond motifs is 3. The van der Waals surface area contributed by atoms with Crippen molar-refractivity contribution in [2.24, 2.45) is 11.8 Å². The Morgan fingerprint density at radius 3 is 2.55 bits per heavy atom. The molecule has 1 N–H and O–H groups in total. The zero-order valence-corrected chi connectivity index (χ0v) is 17.5. The summed E-state index contributed by atoms with van der Waals surface area (Å²) >= 11 is 0. The lowest BCUT2D eigenvalue weighted by atomic mass is 9.92. The fourth-order valence-electron chi connectivity index (χ4n) is 4.59. The lowest BCUT2D eigenvalue weighted by Gasteiger charge is -2.37. The van der Waals surface area contributed by atoms with Crippen molar-refractivity contribution >= 4 is 17.5 Å². The van der Waals surface area contributed by atoms with Crippen LogP contribution in [0.3, 0.4) is 0 Å². The largest absolute Gasteiger partial charge is 0.483 e. The van der Waals surface area contributed by atoms with Gasteiger partial charge in [-0.25, -0.2) is 4.52 Å². The molecule has 0 radical (unpaired) electrons. The minimum atomic E-state index is -5.70. The summed E-state index contributed by atoms with van der Waals surface area (Å²) in [4.78, 5) is 6.47. The first-order chi connectivity index (χ1) is 15.6. The maximum absolute atomic E-state index is 13.3. The van der Waals surface area contributed by atoms with E-state index >= 15 is 0 Å². The molecule has 0 aromatic carbocycles. The van der Waals surface area contributed by atoms with Crippen molar-refractivity contribution in [3.8, 4) is 5.75 Å². The maximum Gasteiger partial charge on any atom is 0.456 e.